The predicted octanol–water partition coefficient (Wildman–Crippen LogP) is 2.66. The van der Waals surface area contributed by atoms with E-state index in [0.29, 0.717) is 6.54 Å². The fourth-order valence-corrected chi connectivity index (χ4v) is 4.16. The Morgan fingerprint density at radius 1 is 1.32 bits per heavy atom. The molecular weight excluding hydrogens is 276 g/mol. The molecular formula is C13H18N4S2. The van der Waals surface area contributed by atoms with Crippen LogP contribution in [-0.4, -0.2) is 29.3 Å². The van der Waals surface area contributed by atoms with Crippen molar-refractivity contribution < 1.29 is 0 Å². The molecule has 3 N–H and O–H groups in total. The normalized spacial score (nSPS) is 14.6. The molecule has 0 amide bonds. The lowest BCUT2D eigenvalue weighted by Gasteiger charge is -2.10. The van der Waals surface area contributed by atoms with Gasteiger partial charge >= 0.3 is 0 Å². The summed E-state index contributed by atoms with van der Waals surface area (Å²) < 4.78 is 1.21. The van der Waals surface area contributed by atoms with Crippen molar-refractivity contribution in [1.29, 1.82) is 0 Å². The highest BCUT2D eigenvalue weighted by atomic mass is 32.2. The Labute approximate surface area is 121 Å². The number of fused-ring (bicyclic) bond motifs is 3. The maximum atomic E-state index is 5.58. The van der Waals surface area contributed by atoms with E-state index in [2.05, 4.69) is 10.3 Å². The number of anilines is 1. The fraction of sp³-hybridized carbons (Fsp3) is 0.538. The van der Waals surface area contributed by atoms with E-state index < -0.39 is 0 Å². The zero-order valence-corrected chi connectivity index (χ0v) is 12.7. The summed E-state index contributed by atoms with van der Waals surface area (Å²) in [5.74, 6) is 0.958. The summed E-state index contributed by atoms with van der Waals surface area (Å²) >= 11 is 3.45. The zero-order chi connectivity index (χ0) is 13.2. The van der Waals surface area contributed by atoms with Crippen molar-refractivity contribution in [3.63, 3.8) is 0 Å². The first-order valence-electron chi connectivity index (χ1n) is 6.63. The molecule has 0 bridgehead atoms. The van der Waals surface area contributed by atoms with Crippen LogP contribution in [0.5, 0.6) is 0 Å². The van der Waals surface area contributed by atoms with Gasteiger partial charge in [0.1, 0.15) is 5.82 Å². The lowest BCUT2D eigenvalue weighted by molar-refractivity contribution is 0.699. The average molecular weight is 294 g/mol. The highest BCUT2D eigenvalue weighted by Gasteiger charge is 2.20. The summed E-state index contributed by atoms with van der Waals surface area (Å²) in [5.41, 5.74) is 8.20. The number of hydrogen-bond acceptors (Lipinski definition) is 6. The van der Waals surface area contributed by atoms with Gasteiger partial charge in [-0.25, -0.2) is 9.97 Å². The van der Waals surface area contributed by atoms with E-state index in [1.165, 1.54) is 39.9 Å². The number of aromatic nitrogens is 2. The minimum absolute atomic E-state index is 0.616. The van der Waals surface area contributed by atoms with Crippen LogP contribution < -0.4 is 11.1 Å². The second kappa shape index (κ2) is 5.64. The van der Waals surface area contributed by atoms with Crippen LogP contribution >= 0.6 is 23.1 Å². The van der Waals surface area contributed by atoms with Crippen molar-refractivity contribution in [2.45, 2.75) is 30.8 Å². The van der Waals surface area contributed by atoms with Crippen LogP contribution in [0, 0.1) is 0 Å². The van der Waals surface area contributed by atoms with Crippen molar-refractivity contribution >= 4 is 39.1 Å². The molecule has 0 aliphatic heterocycles. The van der Waals surface area contributed by atoms with E-state index in [1.54, 1.807) is 11.8 Å². The Balaban J connectivity index is 2.14. The second-order valence-corrected chi connectivity index (χ2v) is 6.54. The third-order valence-electron chi connectivity index (χ3n) is 3.39. The number of rotatable bonds is 4. The third-order valence-corrected chi connectivity index (χ3v) is 5.23. The molecule has 6 heteroatoms. The van der Waals surface area contributed by atoms with Crippen LogP contribution in [0.2, 0.25) is 0 Å². The summed E-state index contributed by atoms with van der Waals surface area (Å²) in [6.07, 6.45) is 6.96. The highest BCUT2D eigenvalue weighted by molar-refractivity contribution is 7.98. The molecule has 0 saturated carbocycles. The van der Waals surface area contributed by atoms with Gasteiger partial charge in [0.25, 0.3) is 0 Å². The number of thiophene rings is 1. The maximum absolute atomic E-state index is 5.58. The minimum Gasteiger partial charge on any atom is -0.367 e. The summed E-state index contributed by atoms with van der Waals surface area (Å²) in [4.78, 5) is 10.8. The molecule has 2 heterocycles. The van der Waals surface area contributed by atoms with E-state index in [9.17, 15) is 0 Å². The Bertz CT molecular complexity index is 594. The smallest absolute Gasteiger partial charge is 0.189 e. The number of hydrogen-bond donors (Lipinski definition) is 2. The first kappa shape index (κ1) is 13.1. The molecule has 102 valence electrons. The molecule has 0 aromatic carbocycles. The number of aryl methyl sites for hydroxylation is 2. The SMILES string of the molecule is CSc1nc(NCCN)c2sc3c(c2n1)CCCC3. The van der Waals surface area contributed by atoms with E-state index in [-0.39, 0.29) is 0 Å². The lowest BCUT2D eigenvalue weighted by Crippen LogP contribution is -2.14. The molecule has 1 aliphatic carbocycles. The lowest BCUT2D eigenvalue weighted by atomic mass is 9.98. The molecule has 19 heavy (non-hydrogen) atoms. The second-order valence-electron chi connectivity index (χ2n) is 4.66. The third kappa shape index (κ3) is 2.44. The van der Waals surface area contributed by atoms with Gasteiger partial charge in [-0.15, -0.1) is 11.3 Å². The molecule has 1 aliphatic rings. The molecule has 0 fully saturated rings. The van der Waals surface area contributed by atoms with Gasteiger partial charge in [0.05, 0.1) is 10.2 Å². The van der Waals surface area contributed by atoms with Crippen LogP contribution in [0.1, 0.15) is 23.3 Å². The van der Waals surface area contributed by atoms with Gasteiger partial charge in [-0.3, -0.25) is 0 Å². The van der Waals surface area contributed by atoms with Crippen molar-refractivity contribution in [2.24, 2.45) is 5.73 Å². The van der Waals surface area contributed by atoms with Crippen LogP contribution in [0.3, 0.4) is 0 Å². The summed E-state index contributed by atoms with van der Waals surface area (Å²) in [5, 5.41) is 4.19. The van der Waals surface area contributed by atoms with Crippen LogP contribution in [0.25, 0.3) is 10.2 Å². The molecule has 4 nitrogen and oxygen atoms in total. The van der Waals surface area contributed by atoms with Gasteiger partial charge in [-0.1, -0.05) is 11.8 Å². The van der Waals surface area contributed by atoms with Gasteiger partial charge in [-0.05, 0) is 37.5 Å². The quantitative estimate of drug-likeness (QED) is 0.670. The van der Waals surface area contributed by atoms with Crippen LogP contribution in [-0.2, 0) is 12.8 Å². The van der Waals surface area contributed by atoms with Crippen LogP contribution in [0.15, 0.2) is 5.16 Å². The molecule has 3 rings (SSSR count). The van der Waals surface area contributed by atoms with Gasteiger partial charge in [-0.2, -0.15) is 0 Å². The summed E-state index contributed by atoms with van der Waals surface area (Å²) in [6.45, 7) is 1.37. The molecule has 2 aromatic heterocycles. The van der Waals surface area contributed by atoms with E-state index in [4.69, 9.17) is 10.7 Å². The standard InChI is InChI=1S/C13H18N4S2/c1-18-13-16-10-8-4-2-3-5-9(8)19-11(10)12(17-13)15-7-6-14/h2-7,14H2,1H3,(H,15,16,17). The van der Waals surface area contributed by atoms with E-state index in [0.717, 1.165) is 23.9 Å². The van der Waals surface area contributed by atoms with E-state index >= 15 is 0 Å². The number of nitrogens with one attached hydrogen (secondary N) is 1. The Morgan fingerprint density at radius 2 is 2.16 bits per heavy atom. The topological polar surface area (TPSA) is 63.8 Å². The monoisotopic (exact) mass is 294 g/mol. The summed E-state index contributed by atoms with van der Waals surface area (Å²) in [7, 11) is 0. The van der Waals surface area contributed by atoms with Crippen molar-refractivity contribution in [3.05, 3.63) is 10.4 Å². The first-order valence-corrected chi connectivity index (χ1v) is 8.68. The van der Waals surface area contributed by atoms with Crippen molar-refractivity contribution in [2.75, 3.05) is 24.7 Å². The average Bonchev–Trinajstić information content (AvgIpc) is 2.83. The van der Waals surface area contributed by atoms with Crippen molar-refractivity contribution in [3.8, 4) is 0 Å². The van der Waals surface area contributed by atoms with Gasteiger partial charge < -0.3 is 11.1 Å². The number of nitrogens with zero attached hydrogens (tertiary/aromatic N) is 2. The highest BCUT2D eigenvalue weighted by Crippen LogP contribution is 2.39. The molecule has 0 radical (unpaired) electrons. The van der Waals surface area contributed by atoms with Crippen molar-refractivity contribution in [1.82, 2.24) is 9.97 Å². The van der Waals surface area contributed by atoms with E-state index in [1.807, 2.05) is 17.6 Å². The first-order chi connectivity index (χ1) is 9.33. The van der Waals surface area contributed by atoms with Gasteiger partial charge in [0, 0.05) is 18.0 Å². The summed E-state index contributed by atoms with van der Waals surface area (Å²) in [6, 6.07) is 0. The largest absolute Gasteiger partial charge is 0.367 e. The molecule has 0 spiro atoms. The van der Waals surface area contributed by atoms with Gasteiger partial charge in [0.15, 0.2) is 5.16 Å². The van der Waals surface area contributed by atoms with Gasteiger partial charge in [0.2, 0.25) is 0 Å². The molecule has 0 unspecified atom stereocenters. The number of nitrogens with two attached hydrogens (primary N) is 1. The molecule has 0 atom stereocenters. The maximum Gasteiger partial charge on any atom is 0.189 e. The number of thioether (sulfide) groups is 1. The fourth-order valence-electron chi connectivity index (χ4n) is 2.50. The Hall–Kier alpha value is -0.850. The molecule has 0 saturated heterocycles. The zero-order valence-electron chi connectivity index (χ0n) is 11.0. The van der Waals surface area contributed by atoms with Crippen LogP contribution in [0.4, 0.5) is 5.82 Å². The Kier molecular flexibility index (Phi) is 3.91. The Morgan fingerprint density at radius 3 is 2.95 bits per heavy atom. The predicted molar refractivity (Wildman–Crippen MR) is 83.4 cm³/mol. The molecule has 2 aromatic rings. The minimum atomic E-state index is 0.616.